The fourth-order valence-electron chi connectivity index (χ4n) is 5.05. The van der Waals surface area contributed by atoms with E-state index in [0.29, 0.717) is 61.3 Å². The van der Waals surface area contributed by atoms with E-state index in [1.165, 1.54) is 18.3 Å². The molecule has 3 aromatic rings. The Morgan fingerprint density at radius 1 is 1.11 bits per heavy atom. The van der Waals surface area contributed by atoms with Crippen LogP contribution in [0.15, 0.2) is 54.7 Å². The molecular formula is C30H36F2N6O6S. The van der Waals surface area contributed by atoms with Gasteiger partial charge in [0, 0.05) is 49.5 Å². The molecule has 1 aliphatic heterocycles. The lowest BCUT2D eigenvalue weighted by molar-refractivity contribution is -0.611. The van der Waals surface area contributed by atoms with Crippen LogP contribution in [-0.2, 0) is 16.6 Å². The fourth-order valence-corrected chi connectivity index (χ4v) is 5.62. The quantitative estimate of drug-likeness (QED) is 0.197. The van der Waals surface area contributed by atoms with E-state index in [1.54, 1.807) is 29.2 Å². The van der Waals surface area contributed by atoms with Crippen molar-refractivity contribution in [2.24, 2.45) is 5.73 Å². The van der Waals surface area contributed by atoms with Gasteiger partial charge in [-0.15, -0.1) is 4.73 Å². The highest BCUT2D eigenvalue weighted by Crippen LogP contribution is 2.25. The van der Waals surface area contributed by atoms with Gasteiger partial charge in [-0.1, -0.05) is 13.3 Å². The largest absolute Gasteiger partial charge is 0.616 e. The number of benzene rings is 2. The standard InChI is InChI=1S/C30H36F2N6O6S/c1-3-4-13-37(30(40)34-27-16-24(29(33)39)25(31)17-26(27)32)22-11-14-36(15-12-22)18-20-5-10-28(38(41)19-20)44-23-8-6-21(7-9-23)35-45(2,42)43/h5-10,16-17,19,22,35H,3-4,11-15,18H2,1-2H3,(H2,33,39)(H,34,40). The summed E-state index contributed by atoms with van der Waals surface area (Å²) >= 11 is 0. The van der Waals surface area contributed by atoms with Gasteiger partial charge in [-0.05, 0) is 55.7 Å². The van der Waals surface area contributed by atoms with Crippen LogP contribution in [0.3, 0.4) is 0 Å². The molecule has 1 aliphatic rings. The van der Waals surface area contributed by atoms with Crippen molar-refractivity contribution in [2.45, 2.75) is 45.2 Å². The minimum Gasteiger partial charge on any atom is -0.616 e. The highest BCUT2D eigenvalue weighted by Gasteiger charge is 2.29. The van der Waals surface area contributed by atoms with Crippen molar-refractivity contribution in [3.63, 3.8) is 0 Å². The number of carbonyl (C=O) groups excluding carboxylic acids is 2. The number of aromatic nitrogens is 1. The van der Waals surface area contributed by atoms with Gasteiger partial charge < -0.3 is 25.9 Å². The van der Waals surface area contributed by atoms with Crippen molar-refractivity contribution in [1.29, 1.82) is 0 Å². The molecule has 4 rings (SSSR count). The molecule has 1 saturated heterocycles. The topological polar surface area (TPSA) is 161 Å². The number of amides is 3. The Bertz CT molecular complexity index is 1630. The number of anilines is 2. The molecule has 3 amide bonds. The Labute approximate surface area is 260 Å². The number of hydrogen-bond donors (Lipinski definition) is 3. The van der Waals surface area contributed by atoms with E-state index >= 15 is 0 Å². The third kappa shape index (κ3) is 9.25. The van der Waals surface area contributed by atoms with Crippen molar-refractivity contribution in [1.82, 2.24) is 9.80 Å². The number of urea groups is 1. The first kappa shape index (κ1) is 33.4. The number of pyridine rings is 1. The number of rotatable bonds is 12. The third-order valence-corrected chi connectivity index (χ3v) is 7.91. The van der Waals surface area contributed by atoms with E-state index in [-0.39, 0.29) is 17.6 Å². The number of piperidine rings is 1. The number of primary amides is 1. The zero-order valence-corrected chi connectivity index (χ0v) is 25.8. The van der Waals surface area contributed by atoms with Gasteiger partial charge in [-0.25, -0.2) is 22.0 Å². The number of likely N-dealkylation sites (tertiary alicyclic amines) is 1. The van der Waals surface area contributed by atoms with Gasteiger partial charge in [0.2, 0.25) is 10.0 Å². The van der Waals surface area contributed by atoms with Gasteiger partial charge in [0.15, 0.2) is 6.20 Å². The first-order valence-corrected chi connectivity index (χ1v) is 16.3. The van der Waals surface area contributed by atoms with Crippen LogP contribution in [0.1, 0.15) is 48.5 Å². The number of ether oxygens (including phenoxy) is 1. The predicted octanol–water partition coefficient (Wildman–Crippen LogP) is 4.16. The lowest BCUT2D eigenvalue weighted by Gasteiger charge is -2.38. The van der Waals surface area contributed by atoms with Crippen molar-refractivity contribution in [3.8, 4) is 11.6 Å². The van der Waals surface area contributed by atoms with Crippen LogP contribution in [0, 0.1) is 16.8 Å². The maximum Gasteiger partial charge on any atom is 0.384 e. The summed E-state index contributed by atoms with van der Waals surface area (Å²) in [4.78, 5) is 28.5. The number of carbonyl (C=O) groups is 2. The number of nitrogens with two attached hydrogens (primary N) is 1. The van der Waals surface area contributed by atoms with Crippen molar-refractivity contribution >= 4 is 33.3 Å². The molecule has 1 aromatic heterocycles. The summed E-state index contributed by atoms with van der Waals surface area (Å²) in [6, 6.07) is 10.2. The molecule has 0 unspecified atom stereocenters. The molecule has 45 heavy (non-hydrogen) atoms. The average Bonchev–Trinajstić information content (AvgIpc) is 2.97. The molecule has 2 heterocycles. The highest BCUT2D eigenvalue weighted by molar-refractivity contribution is 7.92. The molecule has 4 N–H and O–H groups in total. The van der Waals surface area contributed by atoms with Crippen LogP contribution >= 0.6 is 0 Å². The maximum absolute atomic E-state index is 14.4. The first-order valence-electron chi connectivity index (χ1n) is 14.4. The van der Waals surface area contributed by atoms with Gasteiger partial charge in [0.25, 0.3) is 5.91 Å². The lowest BCUT2D eigenvalue weighted by Crippen LogP contribution is -2.49. The molecule has 0 atom stereocenters. The van der Waals surface area contributed by atoms with E-state index in [2.05, 4.69) is 14.9 Å². The second-order valence-corrected chi connectivity index (χ2v) is 12.6. The molecule has 0 aliphatic carbocycles. The molecule has 0 spiro atoms. The van der Waals surface area contributed by atoms with Crippen LogP contribution in [0.2, 0.25) is 0 Å². The van der Waals surface area contributed by atoms with E-state index in [1.807, 2.05) is 6.92 Å². The first-order chi connectivity index (χ1) is 21.3. The number of nitrogens with one attached hydrogen (secondary N) is 2. The van der Waals surface area contributed by atoms with Crippen molar-refractivity contribution < 1.29 is 36.3 Å². The molecule has 12 nitrogen and oxygen atoms in total. The third-order valence-electron chi connectivity index (χ3n) is 7.30. The van der Waals surface area contributed by atoms with E-state index in [4.69, 9.17) is 10.5 Å². The van der Waals surface area contributed by atoms with Crippen LogP contribution in [0.25, 0.3) is 0 Å². The lowest BCUT2D eigenvalue weighted by atomic mass is 10.0. The predicted molar refractivity (Wildman–Crippen MR) is 164 cm³/mol. The zero-order chi connectivity index (χ0) is 32.7. The number of hydrogen-bond acceptors (Lipinski definition) is 7. The van der Waals surface area contributed by atoms with Crippen LogP contribution in [0.5, 0.6) is 11.6 Å². The molecule has 15 heteroatoms. The number of nitrogens with zero attached hydrogens (tertiary/aromatic N) is 3. The normalized spacial score (nSPS) is 14.1. The summed E-state index contributed by atoms with van der Waals surface area (Å²) in [6.45, 7) is 4.21. The molecular weight excluding hydrogens is 610 g/mol. The monoisotopic (exact) mass is 646 g/mol. The summed E-state index contributed by atoms with van der Waals surface area (Å²) in [6.07, 6.45) is 5.31. The molecule has 1 fully saturated rings. The fraction of sp³-hybridized carbons (Fsp3) is 0.367. The van der Waals surface area contributed by atoms with Crippen LogP contribution in [-0.4, -0.2) is 62.1 Å². The molecule has 0 bridgehead atoms. The Kier molecular flexibility index (Phi) is 10.8. The van der Waals surface area contributed by atoms with Crippen LogP contribution < -0.4 is 25.2 Å². The van der Waals surface area contributed by atoms with Gasteiger partial charge in [0.05, 0.1) is 23.6 Å². The minimum atomic E-state index is -3.41. The summed E-state index contributed by atoms with van der Waals surface area (Å²) in [7, 11) is -3.41. The Balaban J connectivity index is 1.34. The van der Waals surface area contributed by atoms with E-state index in [9.17, 15) is 32.0 Å². The van der Waals surface area contributed by atoms with Gasteiger partial charge >= 0.3 is 11.9 Å². The van der Waals surface area contributed by atoms with Crippen molar-refractivity contribution in [3.05, 3.63) is 82.7 Å². The second-order valence-electron chi connectivity index (χ2n) is 10.9. The zero-order valence-electron chi connectivity index (χ0n) is 25.0. The number of sulfonamides is 1. The Hall–Kier alpha value is -4.50. The van der Waals surface area contributed by atoms with Crippen molar-refractivity contribution in [2.75, 3.05) is 35.9 Å². The van der Waals surface area contributed by atoms with E-state index < -0.39 is 39.2 Å². The minimum absolute atomic E-state index is 0.0550. The van der Waals surface area contributed by atoms with E-state index in [0.717, 1.165) is 30.7 Å². The summed E-state index contributed by atoms with van der Waals surface area (Å²) in [5.41, 5.74) is 5.46. The molecule has 0 saturated carbocycles. The van der Waals surface area contributed by atoms with Gasteiger partial charge in [0.1, 0.15) is 17.4 Å². The smallest absolute Gasteiger partial charge is 0.384 e. The summed E-state index contributed by atoms with van der Waals surface area (Å²) < 4.78 is 59.7. The second kappa shape index (κ2) is 14.5. The molecule has 2 aromatic carbocycles. The van der Waals surface area contributed by atoms with Crippen LogP contribution in [0.4, 0.5) is 25.0 Å². The maximum atomic E-state index is 14.4. The Morgan fingerprint density at radius 2 is 1.80 bits per heavy atom. The number of unbranched alkanes of at least 4 members (excludes halogenated alkanes) is 1. The van der Waals surface area contributed by atoms with Gasteiger partial charge in [-0.3, -0.25) is 14.4 Å². The SMILES string of the molecule is CCCCN(C(=O)Nc1cc(C(N)=O)c(F)cc1F)C1CCN(Cc2ccc(Oc3ccc(NS(C)(=O)=O)cc3)[n+]([O-])c2)CC1. The number of halogens is 2. The summed E-state index contributed by atoms with van der Waals surface area (Å²) in [5.74, 6) is -2.77. The summed E-state index contributed by atoms with van der Waals surface area (Å²) in [5, 5.41) is 15.1. The van der Waals surface area contributed by atoms with Gasteiger partial charge in [-0.2, -0.15) is 0 Å². The highest BCUT2D eigenvalue weighted by atomic mass is 32.2. The molecule has 0 radical (unpaired) electrons. The average molecular weight is 647 g/mol. The Morgan fingerprint density at radius 3 is 2.40 bits per heavy atom. The molecule has 242 valence electrons.